The van der Waals surface area contributed by atoms with Crippen molar-refractivity contribution in [2.45, 2.75) is 39.5 Å². The maximum absolute atomic E-state index is 6.05. The van der Waals surface area contributed by atoms with Gasteiger partial charge in [0, 0.05) is 6.54 Å². The van der Waals surface area contributed by atoms with E-state index in [1.165, 1.54) is 19.3 Å². The second-order valence-electron chi connectivity index (χ2n) is 4.47. The summed E-state index contributed by atoms with van der Waals surface area (Å²) in [4.78, 5) is 8.66. The van der Waals surface area contributed by atoms with Crippen molar-refractivity contribution in [1.29, 1.82) is 0 Å². The molecule has 92 valence electrons. The summed E-state index contributed by atoms with van der Waals surface area (Å²) in [6, 6.07) is 0. The highest BCUT2D eigenvalue weighted by Gasteiger charge is 2.08. The monoisotopic (exact) mass is 251 g/mol. The third kappa shape index (κ3) is 3.19. The fraction of sp³-hybridized carbons (Fsp3) is 0.538. The van der Waals surface area contributed by atoms with Crippen molar-refractivity contribution in [2.75, 3.05) is 11.9 Å². The molecular formula is C13H18ClN3. The van der Waals surface area contributed by atoms with Crippen molar-refractivity contribution >= 4 is 17.4 Å². The van der Waals surface area contributed by atoms with Crippen LogP contribution >= 0.6 is 11.6 Å². The number of hydrogen-bond donors (Lipinski definition) is 1. The molecule has 0 amide bonds. The van der Waals surface area contributed by atoms with Gasteiger partial charge in [-0.25, -0.2) is 9.97 Å². The first-order valence-corrected chi connectivity index (χ1v) is 6.47. The second kappa shape index (κ2) is 5.50. The first-order valence-electron chi connectivity index (χ1n) is 6.09. The van der Waals surface area contributed by atoms with E-state index in [0.717, 1.165) is 24.4 Å². The van der Waals surface area contributed by atoms with Gasteiger partial charge in [-0.3, -0.25) is 0 Å². The van der Waals surface area contributed by atoms with Gasteiger partial charge in [-0.05, 0) is 39.5 Å². The smallest absolute Gasteiger partial charge is 0.171 e. The lowest BCUT2D eigenvalue weighted by atomic mass is 10.2. The molecule has 1 aromatic heterocycles. The number of rotatable bonds is 4. The van der Waals surface area contributed by atoms with Gasteiger partial charge in [0.25, 0.3) is 0 Å². The number of halogens is 1. The Morgan fingerprint density at radius 2 is 2.06 bits per heavy atom. The molecule has 17 heavy (non-hydrogen) atoms. The van der Waals surface area contributed by atoms with Crippen LogP contribution in [0, 0.1) is 13.8 Å². The molecule has 0 radical (unpaired) electrons. The van der Waals surface area contributed by atoms with Crippen LogP contribution in [0.4, 0.5) is 5.82 Å². The van der Waals surface area contributed by atoms with Crippen molar-refractivity contribution in [3.05, 3.63) is 28.2 Å². The third-order valence-corrected chi connectivity index (χ3v) is 3.40. The van der Waals surface area contributed by atoms with Crippen LogP contribution in [0.1, 0.15) is 37.1 Å². The van der Waals surface area contributed by atoms with Crippen LogP contribution in [-0.2, 0) is 0 Å². The van der Waals surface area contributed by atoms with Crippen molar-refractivity contribution in [3.8, 4) is 0 Å². The van der Waals surface area contributed by atoms with E-state index in [4.69, 9.17) is 11.6 Å². The summed E-state index contributed by atoms with van der Waals surface area (Å²) in [5.74, 6) is 0.702. The van der Waals surface area contributed by atoms with Crippen LogP contribution in [0.3, 0.4) is 0 Å². The number of anilines is 1. The molecule has 0 aliphatic heterocycles. The maximum Gasteiger partial charge on any atom is 0.171 e. The SMILES string of the molecule is Cc1nc(Cl)c(NCCC2=CCCC2)nc1C. The molecule has 0 bridgehead atoms. The summed E-state index contributed by atoms with van der Waals surface area (Å²) in [7, 11) is 0. The van der Waals surface area contributed by atoms with Crippen molar-refractivity contribution in [1.82, 2.24) is 9.97 Å². The Balaban J connectivity index is 1.92. The summed E-state index contributed by atoms with van der Waals surface area (Å²) in [6.45, 7) is 4.74. The Morgan fingerprint density at radius 3 is 2.76 bits per heavy atom. The number of hydrogen-bond acceptors (Lipinski definition) is 3. The Bertz CT molecular complexity index is 441. The minimum atomic E-state index is 0.466. The minimum absolute atomic E-state index is 0.466. The predicted octanol–water partition coefficient (Wildman–Crippen LogP) is 3.66. The van der Waals surface area contributed by atoms with Crippen LogP contribution in [0.15, 0.2) is 11.6 Å². The number of aromatic nitrogens is 2. The Labute approximate surface area is 107 Å². The van der Waals surface area contributed by atoms with Crippen molar-refractivity contribution < 1.29 is 0 Å². The zero-order valence-corrected chi connectivity index (χ0v) is 11.1. The van der Waals surface area contributed by atoms with Crippen LogP contribution in [0.25, 0.3) is 0 Å². The zero-order chi connectivity index (χ0) is 12.3. The van der Waals surface area contributed by atoms with Crippen molar-refractivity contribution in [2.24, 2.45) is 0 Å². The Morgan fingerprint density at radius 1 is 1.29 bits per heavy atom. The topological polar surface area (TPSA) is 37.8 Å². The molecule has 0 fully saturated rings. The van der Waals surface area contributed by atoms with Gasteiger partial charge in [-0.15, -0.1) is 0 Å². The van der Waals surface area contributed by atoms with Gasteiger partial charge in [0.05, 0.1) is 11.4 Å². The zero-order valence-electron chi connectivity index (χ0n) is 10.4. The molecule has 1 aliphatic carbocycles. The maximum atomic E-state index is 6.05. The van der Waals surface area contributed by atoms with E-state index in [1.807, 2.05) is 13.8 Å². The Kier molecular flexibility index (Phi) is 4.00. The molecule has 0 saturated heterocycles. The molecule has 0 unspecified atom stereocenters. The number of nitrogens with zero attached hydrogens (tertiary/aromatic N) is 2. The summed E-state index contributed by atoms with van der Waals surface area (Å²) < 4.78 is 0. The van der Waals surface area contributed by atoms with Crippen LogP contribution in [0.2, 0.25) is 5.15 Å². The fourth-order valence-corrected chi connectivity index (χ4v) is 2.23. The first kappa shape index (κ1) is 12.4. The quantitative estimate of drug-likeness (QED) is 0.830. The van der Waals surface area contributed by atoms with Gasteiger partial charge in [0.15, 0.2) is 11.0 Å². The molecule has 0 atom stereocenters. The number of aryl methyl sites for hydroxylation is 2. The highest BCUT2D eigenvalue weighted by atomic mass is 35.5. The van der Waals surface area contributed by atoms with E-state index in [2.05, 4.69) is 21.4 Å². The average molecular weight is 252 g/mol. The summed E-state index contributed by atoms with van der Waals surface area (Å²) in [6.07, 6.45) is 7.20. The lowest BCUT2D eigenvalue weighted by Crippen LogP contribution is -2.07. The molecule has 0 aromatic carbocycles. The van der Waals surface area contributed by atoms with Crippen LogP contribution in [0.5, 0.6) is 0 Å². The number of allylic oxidation sites excluding steroid dienone is 1. The van der Waals surface area contributed by atoms with Gasteiger partial charge in [0.2, 0.25) is 0 Å². The van der Waals surface area contributed by atoms with Gasteiger partial charge < -0.3 is 5.32 Å². The first-order chi connectivity index (χ1) is 8.16. The highest BCUT2D eigenvalue weighted by molar-refractivity contribution is 6.31. The van der Waals surface area contributed by atoms with Crippen LogP contribution < -0.4 is 5.32 Å². The van der Waals surface area contributed by atoms with E-state index in [-0.39, 0.29) is 0 Å². The molecule has 3 nitrogen and oxygen atoms in total. The normalized spacial score (nSPS) is 14.9. The highest BCUT2D eigenvalue weighted by Crippen LogP contribution is 2.22. The lowest BCUT2D eigenvalue weighted by molar-refractivity contribution is 0.860. The van der Waals surface area contributed by atoms with Gasteiger partial charge in [-0.2, -0.15) is 0 Å². The average Bonchev–Trinajstić information content (AvgIpc) is 2.78. The van der Waals surface area contributed by atoms with E-state index >= 15 is 0 Å². The predicted molar refractivity (Wildman–Crippen MR) is 71.6 cm³/mol. The molecule has 1 N–H and O–H groups in total. The van der Waals surface area contributed by atoms with E-state index < -0.39 is 0 Å². The second-order valence-corrected chi connectivity index (χ2v) is 4.82. The van der Waals surface area contributed by atoms with Crippen LogP contribution in [-0.4, -0.2) is 16.5 Å². The van der Waals surface area contributed by atoms with E-state index in [1.54, 1.807) is 5.57 Å². The van der Waals surface area contributed by atoms with Crippen molar-refractivity contribution in [3.63, 3.8) is 0 Å². The summed E-state index contributed by atoms with van der Waals surface area (Å²) in [5.41, 5.74) is 3.36. The van der Waals surface area contributed by atoms with E-state index in [0.29, 0.717) is 11.0 Å². The molecule has 0 spiro atoms. The lowest BCUT2D eigenvalue weighted by Gasteiger charge is -2.09. The van der Waals surface area contributed by atoms with Gasteiger partial charge in [0.1, 0.15) is 0 Å². The molecule has 1 aromatic rings. The van der Waals surface area contributed by atoms with Gasteiger partial charge >= 0.3 is 0 Å². The summed E-state index contributed by atoms with van der Waals surface area (Å²) >= 11 is 6.05. The number of nitrogens with one attached hydrogen (secondary N) is 1. The molecule has 1 heterocycles. The third-order valence-electron chi connectivity index (χ3n) is 3.14. The largest absolute Gasteiger partial charge is 0.367 e. The van der Waals surface area contributed by atoms with Gasteiger partial charge in [-0.1, -0.05) is 23.3 Å². The fourth-order valence-electron chi connectivity index (χ4n) is 1.99. The Hall–Kier alpha value is -1.09. The molecule has 0 saturated carbocycles. The summed E-state index contributed by atoms with van der Waals surface area (Å²) in [5, 5.41) is 3.73. The molecule has 2 rings (SSSR count). The molecule has 4 heteroatoms. The molecular weight excluding hydrogens is 234 g/mol. The standard InChI is InChI=1S/C13H18ClN3/c1-9-10(2)17-13(12(14)16-9)15-8-7-11-5-3-4-6-11/h5H,3-4,6-8H2,1-2H3,(H,15,17). The molecule has 1 aliphatic rings. The van der Waals surface area contributed by atoms with E-state index in [9.17, 15) is 0 Å². The minimum Gasteiger partial charge on any atom is -0.367 e.